The number of nitrogens with zero attached hydrogens (tertiary/aromatic N) is 1. The highest BCUT2D eigenvalue weighted by atomic mass is 79.9. The molecule has 0 N–H and O–H groups in total. The van der Waals surface area contributed by atoms with Crippen molar-refractivity contribution in [1.82, 2.24) is 0 Å². The van der Waals surface area contributed by atoms with E-state index in [0.717, 1.165) is 0 Å². The molecule has 0 bridgehead atoms. The lowest BCUT2D eigenvalue weighted by Crippen LogP contribution is -2.24. The largest absolute Gasteiger partial charge is 0.460 e. The van der Waals surface area contributed by atoms with Crippen LogP contribution >= 0.6 is 15.9 Å². The second-order valence-electron chi connectivity index (χ2n) is 5.47. The first kappa shape index (κ1) is 16.6. The molecular formula is C15H17BrFNO2. The fraction of sp³-hybridized carbons (Fsp3) is 0.467. The summed E-state index contributed by atoms with van der Waals surface area (Å²) in [4.78, 5) is 11.6. The van der Waals surface area contributed by atoms with Crippen LogP contribution in [0.2, 0.25) is 0 Å². The van der Waals surface area contributed by atoms with Gasteiger partial charge in [-0.3, -0.25) is 4.79 Å². The van der Waals surface area contributed by atoms with Crippen molar-refractivity contribution in [1.29, 1.82) is 5.26 Å². The molecule has 1 unspecified atom stereocenters. The maximum Gasteiger partial charge on any atom is 0.306 e. The Morgan fingerprint density at radius 1 is 1.50 bits per heavy atom. The lowest BCUT2D eigenvalue weighted by Gasteiger charge is -2.20. The van der Waals surface area contributed by atoms with Crippen LogP contribution in [-0.2, 0) is 9.53 Å². The van der Waals surface area contributed by atoms with Crippen molar-refractivity contribution in [3.8, 4) is 6.07 Å². The van der Waals surface area contributed by atoms with Gasteiger partial charge in [-0.25, -0.2) is 4.39 Å². The summed E-state index contributed by atoms with van der Waals surface area (Å²) >= 11 is 3.17. The van der Waals surface area contributed by atoms with Gasteiger partial charge in [0.1, 0.15) is 11.4 Å². The van der Waals surface area contributed by atoms with Gasteiger partial charge in [0, 0.05) is 16.5 Å². The SMILES string of the molecule is CC(C)(C)OC(=O)CCC(C#N)c1ccc(Br)cc1F. The third-order valence-electron chi connectivity index (χ3n) is 2.55. The van der Waals surface area contributed by atoms with Gasteiger partial charge in [-0.05, 0) is 39.3 Å². The van der Waals surface area contributed by atoms with E-state index in [0.29, 0.717) is 10.0 Å². The summed E-state index contributed by atoms with van der Waals surface area (Å²) in [6, 6.07) is 6.58. The zero-order chi connectivity index (χ0) is 15.3. The van der Waals surface area contributed by atoms with Gasteiger partial charge in [0.2, 0.25) is 0 Å². The van der Waals surface area contributed by atoms with Crippen LogP contribution in [0.25, 0.3) is 0 Å². The number of rotatable bonds is 4. The van der Waals surface area contributed by atoms with E-state index in [4.69, 9.17) is 10.00 Å². The number of esters is 1. The van der Waals surface area contributed by atoms with E-state index in [2.05, 4.69) is 15.9 Å². The van der Waals surface area contributed by atoms with E-state index in [1.165, 1.54) is 6.07 Å². The van der Waals surface area contributed by atoms with Crippen molar-refractivity contribution in [2.75, 3.05) is 0 Å². The predicted octanol–water partition coefficient (Wildman–Crippen LogP) is 4.32. The lowest BCUT2D eigenvalue weighted by atomic mass is 9.95. The number of benzene rings is 1. The van der Waals surface area contributed by atoms with E-state index < -0.39 is 17.3 Å². The molecule has 0 aliphatic rings. The first-order valence-corrected chi connectivity index (χ1v) is 7.08. The molecule has 0 amide bonds. The Hall–Kier alpha value is -1.41. The van der Waals surface area contributed by atoms with Gasteiger partial charge in [-0.1, -0.05) is 22.0 Å². The minimum Gasteiger partial charge on any atom is -0.460 e. The summed E-state index contributed by atoms with van der Waals surface area (Å²) in [6.07, 6.45) is 0.328. The van der Waals surface area contributed by atoms with Crippen LogP contribution in [0, 0.1) is 17.1 Å². The van der Waals surface area contributed by atoms with Gasteiger partial charge in [0.05, 0.1) is 12.0 Å². The third-order valence-corrected chi connectivity index (χ3v) is 3.04. The zero-order valence-corrected chi connectivity index (χ0v) is 13.3. The molecule has 1 aromatic rings. The molecule has 3 nitrogen and oxygen atoms in total. The maximum atomic E-state index is 13.8. The minimum atomic E-state index is -0.657. The van der Waals surface area contributed by atoms with Crippen LogP contribution in [0.5, 0.6) is 0 Å². The third kappa shape index (κ3) is 5.30. The average molecular weight is 342 g/mol. The molecule has 1 rings (SSSR count). The molecule has 0 spiro atoms. The highest BCUT2D eigenvalue weighted by molar-refractivity contribution is 9.10. The molecule has 0 aliphatic heterocycles. The lowest BCUT2D eigenvalue weighted by molar-refractivity contribution is -0.154. The summed E-state index contributed by atoms with van der Waals surface area (Å²) < 4.78 is 19.6. The van der Waals surface area contributed by atoms with Crippen LogP contribution in [0.3, 0.4) is 0 Å². The molecule has 20 heavy (non-hydrogen) atoms. The smallest absolute Gasteiger partial charge is 0.306 e. The van der Waals surface area contributed by atoms with Crippen LogP contribution in [0.4, 0.5) is 4.39 Å². The zero-order valence-electron chi connectivity index (χ0n) is 11.7. The minimum absolute atomic E-state index is 0.0883. The molecular weight excluding hydrogens is 325 g/mol. The first-order valence-electron chi connectivity index (χ1n) is 6.29. The summed E-state index contributed by atoms with van der Waals surface area (Å²) in [5.41, 5.74) is -0.249. The molecule has 0 aromatic heterocycles. The molecule has 0 saturated carbocycles. The number of halogens is 2. The van der Waals surface area contributed by atoms with E-state index in [1.54, 1.807) is 32.9 Å². The summed E-state index contributed by atoms with van der Waals surface area (Å²) in [6.45, 7) is 5.34. The highest BCUT2D eigenvalue weighted by Crippen LogP contribution is 2.26. The van der Waals surface area contributed by atoms with E-state index in [9.17, 15) is 9.18 Å². The predicted molar refractivity (Wildman–Crippen MR) is 77.5 cm³/mol. The van der Waals surface area contributed by atoms with Crippen LogP contribution < -0.4 is 0 Å². The monoisotopic (exact) mass is 341 g/mol. The number of hydrogen-bond donors (Lipinski definition) is 0. The van der Waals surface area contributed by atoms with E-state index in [1.807, 2.05) is 6.07 Å². The Bertz CT molecular complexity index is 532. The second-order valence-corrected chi connectivity index (χ2v) is 6.39. The maximum absolute atomic E-state index is 13.8. The van der Waals surface area contributed by atoms with Gasteiger partial charge in [-0.15, -0.1) is 0 Å². The topological polar surface area (TPSA) is 50.1 Å². The Kier molecular flexibility index (Phi) is 5.70. The molecule has 108 valence electrons. The van der Waals surface area contributed by atoms with Crippen LogP contribution in [0.15, 0.2) is 22.7 Å². The van der Waals surface area contributed by atoms with Crippen LogP contribution in [-0.4, -0.2) is 11.6 Å². The molecule has 0 aliphatic carbocycles. The molecule has 0 saturated heterocycles. The summed E-state index contributed by atoms with van der Waals surface area (Å²) in [7, 11) is 0. The Morgan fingerprint density at radius 3 is 2.65 bits per heavy atom. The van der Waals surface area contributed by atoms with Gasteiger partial charge < -0.3 is 4.74 Å². The standard InChI is InChI=1S/C15H17BrFNO2/c1-15(2,3)20-14(19)7-4-10(9-18)12-6-5-11(16)8-13(12)17/h5-6,8,10H,4,7H2,1-3H3. The molecule has 0 fully saturated rings. The van der Waals surface area contributed by atoms with Gasteiger partial charge in [-0.2, -0.15) is 5.26 Å². The van der Waals surface area contributed by atoms with Crippen molar-refractivity contribution in [2.45, 2.75) is 45.1 Å². The van der Waals surface area contributed by atoms with Gasteiger partial charge in [0.25, 0.3) is 0 Å². The van der Waals surface area contributed by atoms with Gasteiger partial charge in [0.15, 0.2) is 0 Å². The molecule has 1 atom stereocenters. The Labute approximate surface area is 126 Å². The van der Waals surface area contributed by atoms with Gasteiger partial charge >= 0.3 is 5.97 Å². The summed E-state index contributed by atoms with van der Waals surface area (Å²) in [5.74, 6) is -1.49. The van der Waals surface area contributed by atoms with Crippen molar-refractivity contribution >= 4 is 21.9 Å². The fourth-order valence-corrected chi connectivity index (χ4v) is 2.06. The number of carbonyl (C=O) groups excluding carboxylic acids is 1. The normalized spacial score (nSPS) is 12.6. The Balaban J connectivity index is 2.69. The number of ether oxygens (including phenoxy) is 1. The first-order chi connectivity index (χ1) is 9.23. The number of nitriles is 1. The quantitative estimate of drug-likeness (QED) is 0.766. The van der Waals surface area contributed by atoms with Crippen LogP contribution in [0.1, 0.15) is 45.1 Å². The van der Waals surface area contributed by atoms with E-state index >= 15 is 0 Å². The second kappa shape index (κ2) is 6.85. The van der Waals surface area contributed by atoms with Crippen molar-refractivity contribution in [2.24, 2.45) is 0 Å². The molecule has 1 aromatic carbocycles. The molecule has 5 heteroatoms. The number of carbonyl (C=O) groups is 1. The fourth-order valence-electron chi connectivity index (χ4n) is 1.73. The highest BCUT2D eigenvalue weighted by Gasteiger charge is 2.20. The summed E-state index contributed by atoms with van der Waals surface area (Å²) in [5, 5.41) is 9.14. The van der Waals surface area contributed by atoms with Crippen molar-refractivity contribution in [3.63, 3.8) is 0 Å². The van der Waals surface area contributed by atoms with E-state index in [-0.39, 0.29) is 18.8 Å². The average Bonchev–Trinajstić information content (AvgIpc) is 2.29. The number of hydrogen-bond acceptors (Lipinski definition) is 3. The van der Waals surface area contributed by atoms with Crippen molar-refractivity contribution < 1.29 is 13.9 Å². The van der Waals surface area contributed by atoms with Crippen molar-refractivity contribution in [3.05, 3.63) is 34.1 Å². The Morgan fingerprint density at radius 2 is 2.15 bits per heavy atom. The molecule has 0 heterocycles. The molecule has 0 radical (unpaired) electrons.